The first kappa shape index (κ1) is 15.6. The van der Waals surface area contributed by atoms with Crippen LogP contribution in [0.4, 0.5) is 5.69 Å². The van der Waals surface area contributed by atoms with Gasteiger partial charge in [-0.1, -0.05) is 23.7 Å². The fourth-order valence-electron chi connectivity index (χ4n) is 2.14. The molecule has 118 valence electrons. The van der Waals surface area contributed by atoms with Gasteiger partial charge < -0.3 is 4.74 Å². The highest BCUT2D eigenvalue weighted by Crippen LogP contribution is 2.24. The summed E-state index contributed by atoms with van der Waals surface area (Å²) in [4.78, 5) is 11.4. The molecule has 0 amide bonds. The minimum atomic E-state index is -3.66. The Morgan fingerprint density at radius 2 is 1.87 bits per heavy atom. The number of halogens is 1. The van der Waals surface area contributed by atoms with Gasteiger partial charge in [0.1, 0.15) is 6.61 Å². The topological polar surface area (TPSA) is 72.5 Å². The Labute approximate surface area is 138 Å². The lowest BCUT2D eigenvalue weighted by atomic mass is 10.1. The number of hydrogen-bond acceptors (Lipinski definition) is 4. The van der Waals surface area contributed by atoms with E-state index in [0.29, 0.717) is 27.4 Å². The summed E-state index contributed by atoms with van der Waals surface area (Å²) < 4.78 is 31.5. The van der Waals surface area contributed by atoms with E-state index >= 15 is 0 Å². The van der Waals surface area contributed by atoms with Crippen LogP contribution in [0.5, 0.6) is 0 Å². The highest BCUT2D eigenvalue weighted by atomic mass is 35.5. The summed E-state index contributed by atoms with van der Waals surface area (Å²) in [6.45, 7) is 0.157. The lowest BCUT2D eigenvalue weighted by Gasteiger charge is -2.05. The molecule has 23 heavy (non-hydrogen) atoms. The van der Waals surface area contributed by atoms with Gasteiger partial charge in [0.2, 0.25) is 0 Å². The second kappa shape index (κ2) is 6.06. The SMILES string of the molecule is O=C1OCc2cc(NS(=O)(=O)/C=C/c3ccc(Cl)cc3)ccc21. The van der Waals surface area contributed by atoms with Gasteiger partial charge in [0.15, 0.2) is 0 Å². The van der Waals surface area contributed by atoms with Crippen LogP contribution in [0.15, 0.2) is 47.9 Å². The van der Waals surface area contributed by atoms with Crippen LogP contribution in [0.25, 0.3) is 6.08 Å². The third-order valence-electron chi connectivity index (χ3n) is 3.25. The Bertz CT molecular complexity index is 889. The van der Waals surface area contributed by atoms with Gasteiger partial charge in [-0.3, -0.25) is 4.72 Å². The maximum atomic E-state index is 12.1. The molecule has 1 N–H and O–H groups in total. The number of hydrogen-bond donors (Lipinski definition) is 1. The van der Waals surface area contributed by atoms with Gasteiger partial charge in [0, 0.05) is 16.3 Å². The Morgan fingerprint density at radius 1 is 1.13 bits per heavy atom. The summed E-state index contributed by atoms with van der Waals surface area (Å²) in [7, 11) is -3.66. The Morgan fingerprint density at radius 3 is 2.61 bits per heavy atom. The van der Waals surface area contributed by atoms with Gasteiger partial charge in [-0.15, -0.1) is 0 Å². The van der Waals surface area contributed by atoms with Crippen molar-refractivity contribution in [3.63, 3.8) is 0 Å². The van der Waals surface area contributed by atoms with E-state index in [0.717, 1.165) is 5.41 Å². The van der Waals surface area contributed by atoms with Crippen LogP contribution in [-0.2, 0) is 21.4 Å². The summed E-state index contributed by atoms with van der Waals surface area (Å²) in [5, 5.41) is 1.66. The van der Waals surface area contributed by atoms with Crippen molar-refractivity contribution in [2.45, 2.75) is 6.61 Å². The number of carbonyl (C=O) groups is 1. The van der Waals surface area contributed by atoms with Gasteiger partial charge in [-0.25, -0.2) is 13.2 Å². The van der Waals surface area contributed by atoms with Crippen molar-refractivity contribution in [2.24, 2.45) is 0 Å². The number of carbonyl (C=O) groups excluding carboxylic acids is 1. The third kappa shape index (κ3) is 3.72. The molecule has 0 fully saturated rings. The number of cyclic esters (lactones) is 1. The normalized spacial score (nSPS) is 13.9. The number of ether oxygens (including phenoxy) is 1. The minimum Gasteiger partial charge on any atom is -0.457 e. The zero-order valence-corrected chi connectivity index (χ0v) is 13.4. The predicted octanol–water partition coefficient (Wildman–Crippen LogP) is 3.42. The highest BCUT2D eigenvalue weighted by molar-refractivity contribution is 7.95. The molecule has 0 aromatic heterocycles. The van der Waals surface area contributed by atoms with Crippen molar-refractivity contribution in [3.8, 4) is 0 Å². The van der Waals surface area contributed by atoms with Crippen LogP contribution < -0.4 is 4.72 Å². The second-order valence-corrected chi connectivity index (χ2v) is 6.95. The van der Waals surface area contributed by atoms with Crippen molar-refractivity contribution in [1.29, 1.82) is 0 Å². The van der Waals surface area contributed by atoms with Gasteiger partial charge in [-0.05, 0) is 42.0 Å². The first-order valence-corrected chi connectivity index (χ1v) is 8.62. The molecule has 3 rings (SSSR count). The van der Waals surface area contributed by atoms with Crippen molar-refractivity contribution >= 4 is 39.4 Å². The Hall–Kier alpha value is -2.31. The molecule has 7 heteroatoms. The van der Waals surface area contributed by atoms with E-state index in [9.17, 15) is 13.2 Å². The first-order valence-electron chi connectivity index (χ1n) is 6.69. The number of rotatable bonds is 4. The standard InChI is InChI=1S/C16H12ClNO4S/c17-13-3-1-11(2-4-13)7-8-23(20,21)18-14-5-6-15-12(9-14)10-22-16(15)19/h1-9,18H,10H2/b8-7+. The Balaban J connectivity index is 1.76. The van der Waals surface area contributed by atoms with E-state index in [4.69, 9.17) is 16.3 Å². The molecule has 1 aliphatic rings. The average molecular weight is 350 g/mol. The zero-order valence-electron chi connectivity index (χ0n) is 11.8. The third-order valence-corrected chi connectivity index (χ3v) is 4.52. The molecule has 1 heterocycles. The van der Waals surface area contributed by atoms with Crippen LogP contribution in [0.3, 0.4) is 0 Å². The molecular weight excluding hydrogens is 338 g/mol. The number of nitrogens with one attached hydrogen (secondary N) is 1. The smallest absolute Gasteiger partial charge is 0.338 e. The number of anilines is 1. The molecule has 0 aliphatic carbocycles. The minimum absolute atomic E-state index is 0.157. The van der Waals surface area contributed by atoms with E-state index in [-0.39, 0.29) is 6.61 Å². The molecular formula is C16H12ClNO4S. The van der Waals surface area contributed by atoms with E-state index in [1.54, 1.807) is 36.4 Å². The number of fused-ring (bicyclic) bond motifs is 1. The molecule has 1 aliphatic heterocycles. The van der Waals surface area contributed by atoms with Crippen LogP contribution in [-0.4, -0.2) is 14.4 Å². The zero-order chi connectivity index (χ0) is 16.4. The van der Waals surface area contributed by atoms with E-state index in [1.807, 2.05) is 0 Å². The highest BCUT2D eigenvalue weighted by Gasteiger charge is 2.21. The molecule has 0 saturated heterocycles. The van der Waals surface area contributed by atoms with Crippen LogP contribution in [0.2, 0.25) is 5.02 Å². The van der Waals surface area contributed by atoms with Crippen LogP contribution in [0.1, 0.15) is 21.5 Å². The maximum Gasteiger partial charge on any atom is 0.338 e. The number of sulfonamides is 1. The molecule has 0 radical (unpaired) electrons. The van der Waals surface area contributed by atoms with Gasteiger partial charge >= 0.3 is 5.97 Å². The fraction of sp³-hybridized carbons (Fsp3) is 0.0625. The van der Waals surface area contributed by atoms with E-state index in [1.165, 1.54) is 12.1 Å². The molecule has 5 nitrogen and oxygen atoms in total. The first-order chi connectivity index (χ1) is 10.9. The predicted molar refractivity (Wildman–Crippen MR) is 88.6 cm³/mol. The largest absolute Gasteiger partial charge is 0.457 e. The summed E-state index contributed by atoms with van der Waals surface area (Å²) in [6, 6.07) is 11.5. The monoisotopic (exact) mass is 349 g/mol. The van der Waals surface area contributed by atoms with Gasteiger partial charge in [0.25, 0.3) is 10.0 Å². The molecule has 0 bridgehead atoms. The quantitative estimate of drug-likeness (QED) is 0.858. The Kier molecular flexibility index (Phi) is 4.11. The van der Waals surface area contributed by atoms with Crippen molar-refractivity contribution in [3.05, 3.63) is 69.6 Å². The summed E-state index contributed by atoms with van der Waals surface area (Å²) in [6.07, 6.45) is 1.47. The van der Waals surface area contributed by atoms with Gasteiger partial charge in [-0.2, -0.15) is 0 Å². The average Bonchev–Trinajstić information content (AvgIpc) is 2.87. The lowest BCUT2D eigenvalue weighted by Crippen LogP contribution is -2.09. The van der Waals surface area contributed by atoms with Crippen molar-refractivity contribution < 1.29 is 17.9 Å². The maximum absolute atomic E-state index is 12.1. The summed E-state index contributed by atoms with van der Waals surface area (Å²) >= 11 is 5.78. The summed E-state index contributed by atoms with van der Waals surface area (Å²) in [5.74, 6) is -0.392. The van der Waals surface area contributed by atoms with Crippen LogP contribution in [0, 0.1) is 0 Å². The lowest BCUT2D eigenvalue weighted by molar-refractivity contribution is 0.0535. The molecule has 0 atom stereocenters. The van der Waals surface area contributed by atoms with Crippen molar-refractivity contribution in [1.82, 2.24) is 0 Å². The number of benzene rings is 2. The van der Waals surface area contributed by atoms with Crippen molar-refractivity contribution in [2.75, 3.05) is 4.72 Å². The summed E-state index contributed by atoms with van der Waals surface area (Å²) in [5.41, 5.74) is 2.22. The fourth-order valence-corrected chi connectivity index (χ4v) is 3.12. The van der Waals surface area contributed by atoms with E-state index in [2.05, 4.69) is 4.72 Å². The number of esters is 1. The molecule has 2 aromatic rings. The van der Waals surface area contributed by atoms with Crippen LogP contribution >= 0.6 is 11.6 Å². The molecule has 0 saturated carbocycles. The van der Waals surface area contributed by atoms with Gasteiger partial charge in [0.05, 0.1) is 11.0 Å². The second-order valence-electron chi connectivity index (χ2n) is 4.95. The van der Waals surface area contributed by atoms with E-state index < -0.39 is 16.0 Å². The molecule has 0 unspecified atom stereocenters. The molecule has 2 aromatic carbocycles. The molecule has 0 spiro atoms.